The van der Waals surface area contributed by atoms with Crippen molar-refractivity contribution in [3.05, 3.63) is 40.2 Å². The summed E-state index contributed by atoms with van der Waals surface area (Å²) in [4.78, 5) is 7.22. The Balaban J connectivity index is 0.00000300. The van der Waals surface area contributed by atoms with Gasteiger partial charge in [-0.1, -0.05) is 0 Å². The summed E-state index contributed by atoms with van der Waals surface area (Å²) in [7, 11) is 5.33. The molecule has 160 valence electrons. The number of aromatic nitrogens is 2. The maximum absolute atomic E-state index is 5.48. The Hall–Kier alpha value is -1.97. The van der Waals surface area contributed by atoms with E-state index in [1.54, 1.807) is 14.2 Å². The number of hydrogen-bond acceptors (Lipinski definition) is 4. The normalized spacial score (nSPS) is 13.6. The van der Waals surface area contributed by atoms with Crippen LogP contribution < -0.4 is 14.8 Å². The van der Waals surface area contributed by atoms with Crippen molar-refractivity contribution < 1.29 is 9.47 Å². The van der Waals surface area contributed by atoms with Crippen molar-refractivity contribution in [3.8, 4) is 11.5 Å². The summed E-state index contributed by atoms with van der Waals surface area (Å²) < 4.78 is 12.8. The van der Waals surface area contributed by atoms with Crippen LogP contribution in [0.4, 0.5) is 0 Å². The first-order valence-corrected chi connectivity index (χ1v) is 9.74. The number of guanidine groups is 1. The second kappa shape index (κ2) is 10.2. The molecule has 0 atom stereocenters. The van der Waals surface area contributed by atoms with Crippen LogP contribution in [0.1, 0.15) is 35.0 Å². The number of nitrogens with zero attached hydrogens (tertiary/aromatic N) is 4. The van der Waals surface area contributed by atoms with E-state index in [2.05, 4.69) is 41.3 Å². The van der Waals surface area contributed by atoms with Gasteiger partial charge in [-0.3, -0.25) is 4.68 Å². The lowest BCUT2D eigenvalue weighted by molar-refractivity contribution is 0.346. The largest absolute Gasteiger partial charge is 0.493 e. The predicted molar refractivity (Wildman–Crippen MR) is 127 cm³/mol. The molecule has 1 aliphatic rings. The van der Waals surface area contributed by atoms with Gasteiger partial charge in [0.2, 0.25) is 0 Å². The maximum Gasteiger partial charge on any atom is 0.194 e. The molecular formula is C21H32IN5O2. The molecule has 0 fully saturated rings. The first-order chi connectivity index (χ1) is 13.5. The number of methoxy groups -OCH3 is 2. The maximum atomic E-state index is 5.48. The molecule has 1 N–H and O–H groups in total. The zero-order valence-electron chi connectivity index (χ0n) is 18.2. The van der Waals surface area contributed by atoms with Crippen LogP contribution >= 0.6 is 24.0 Å². The topological polar surface area (TPSA) is 63.9 Å². The van der Waals surface area contributed by atoms with Gasteiger partial charge in [-0.15, -0.1) is 24.0 Å². The molecule has 3 rings (SSSR count). The van der Waals surface area contributed by atoms with Gasteiger partial charge in [0.15, 0.2) is 17.5 Å². The Morgan fingerprint density at radius 3 is 2.38 bits per heavy atom. The van der Waals surface area contributed by atoms with E-state index in [1.165, 1.54) is 16.7 Å². The smallest absolute Gasteiger partial charge is 0.194 e. The van der Waals surface area contributed by atoms with Crippen molar-refractivity contribution in [1.82, 2.24) is 20.0 Å². The number of nitrogens with one attached hydrogen (secondary N) is 1. The van der Waals surface area contributed by atoms with E-state index in [4.69, 9.17) is 14.5 Å². The molecule has 0 spiro atoms. The number of benzene rings is 1. The number of ether oxygens (including phenoxy) is 2. The third-order valence-corrected chi connectivity index (χ3v) is 5.40. The summed E-state index contributed by atoms with van der Waals surface area (Å²) in [6.45, 7) is 9.41. The van der Waals surface area contributed by atoms with E-state index < -0.39 is 0 Å². The van der Waals surface area contributed by atoms with Gasteiger partial charge in [0.05, 0.1) is 26.5 Å². The monoisotopic (exact) mass is 513 g/mol. The fraction of sp³-hybridized carbons (Fsp3) is 0.524. The molecular weight excluding hydrogens is 481 g/mol. The number of hydrogen-bond donors (Lipinski definition) is 1. The van der Waals surface area contributed by atoms with Gasteiger partial charge in [0.25, 0.3) is 0 Å². The molecule has 0 aliphatic carbocycles. The summed E-state index contributed by atoms with van der Waals surface area (Å²) in [5, 5.41) is 7.94. The number of aliphatic imine (C=N–C) groups is 1. The highest BCUT2D eigenvalue weighted by Gasteiger charge is 2.22. The highest BCUT2D eigenvalue weighted by molar-refractivity contribution is 14.0. The standard InChI is InChI=1S/C21H31N5O2.HI/c1-7-22-21(23-12-18-14(2)24-25(4)15(18)3)26-9-8-16-10-19(27-5)20(28-6)11-17(16)13-26;/h10-11H,7-9,12-13H2,1-6H3,(H,22,23);1H. The second-order valence-electron chi connectivity index (χ2n) is 7.09. The van der Waals surface area contributed by atoms with Gasteiger partial charge < -0.3 is 19.7 Å². The van der Waals surface area contributed by atoms with Crippen LogP contribution in [0.3, 0.4) is 0 Å². The Morgan fingerprint density at radius 2 is 1.83 bits per heavy atom. The van der Waals surface area contributed by atoms with Gasteiger partial charge in [-0.05, 0) is 50.5 Å². The van der Waals surface area contributed by atoms with E-state index in [-0.39, 0.29) is 24.0 Å². The fourth-order valence-electron chi connectivity index (χ4n) is 3.69. The molecule has 2 heterocycles. The lowest BCUT2D eigenvalue weighted by Crippen LogP contribution is -2.44. The molecule has 29 heavy (non-hydrogen) atoms. The third kappa shape index (κ3) is 4.96. The Bertz CT molecular complexity index is 878. The Labute approximate surface area is 190 Å². The lowest BCUT2D eigenvalue weighted by atomic mass is 9.99. The Kier molecular flexibility index (Phi) is 8.18. The highest BCUT2D eigenvalue weighted by atomic mass is 127. The van der Waals surface area contributed by atoms with Gasteiger partial charge in [-0.25, -0.2) is 4.99 Å². The van der Waals surface area contributed by atoms with Crippen LogP contribution in [0.15, 0.2) is 17.1 Å². The first kappa shape index (κ1) is 23.3. The molecule has 0 radical (unpaired) electrons. The Morgan fingerprint density at radius 1 is 1.17 bits per heavy atom. The average Bonchev–Trinajstić information content (AvgIpc) is 2.95. The summed E-state index contributed by atoms with van der Waals surface area (Å²) >= 11 is 0. The third-order valence-electron chi connectivity index (χ3n) is 5.40. The molecule has 7 nitrogen and oxygen atoms in total. The van der Waals surface area contributed by atoms with Crippen LogP contribution in [0.25, 0.3) is 0 Å². The zero-order chi connectivity index (χ0) is 20.3. The van der Waals surface area contributed by atoms with E-state index in [9.17, 15) is 0 Å². The minimum Gasteiger partial charge on any atom is -0.493 e. The molecule has 0 saturated carbocycles. The van der Waals surface area contributed by atoms with E-state index in [1.807, 2.05) is 18.7 Å². The molecule has 0 unspecified atom stereocenters. The zero-order valence-corrected chi connectivity index (χ0v) is 20.5. The molecule has 0 saturated heterocycles. The van der Waals surface area contributed by atoms with Crippen LogP contribution in [0.2, 0.25) is 0 Å². The van der Waals surface area contributed by atoms with Crippen molar-refractivity contribution in [3.63, 3.8) is 0 Å². The molecule has 1 aromatic carbocycles. The summed E-state index contributed by atoms with van der Waals surface area (Å²) in [6.07, 6.45) is 0.949. The SMILES string of the molecule is CCNC(=NCc1c(C)nn(C)c1C)N1CCc2cc(OC)c(OC)cc2C1.I. The number of aryl methyl sites for hydroxylation is 2. The quantitative estimate of drug-likeness (QED) is 0.378. The lowest BCUT2D eigenvalue weighted by Gasteiger charge is -2.32. The van der Waals surface area contributed by atoms with E-state index >= 15 is 0 Å². The highest BCUT2D eigenvalue weighted by Crippen LogP contribution is 2.33. The number of rotatable bonds is 5. The van der Waals surface area contributed by atoms with E-state index in [0.717, 1.165) is 54.9 Å². The first-order valence-electron chi connectivity index (χ1n) is 9.74. The second-order valence-corrected chi connectivity index (χ2v) is 7.09. The van der Waals surface area contributed by atoms with Gasteiger partial charge in [0.1, 0.15) is 0 Å². The van der Waals surface area contributed by atoms with Crippen molar-refractivity contribution in [2.75, 3.05) is 27.3 Å². The van der Waals surface area contributed by atoms with Gasteiger partial charge in [-0.2, -0.15) is 5.10 Å². The van der Waals surface area contributed by atoms with Crippen molar-refractivity contribution in [2.45, 2.75) is 40.3 Å². The van der Waals surface area contributed by atoms with Crippen LogP contribution in [-0.4, -0.2) is 47.9 Å². The van der Waals surface area contributed by atoms with Crippen molar-refractivity contribution >= 4 is 29.9 Å². The molecule has 0 amide bonds. The average molecular weight is 513 g/mol. The summed E-state index contributed by atoms with van der Waals surface area (Å²) in [6, 6.07) is 4.18. The molecule has 8 heteroatoms. The molecule has 2 aromatic rings. The van der Waals surface area contributed by atoms with Crippen LogP contribution in [-0.2, 0) is 26.6 Å². The number of halogens is 1. The summed E-state index contributed by atoms with van der Waals surface area (Å²) in [5.41, 5.74) is 5.96. The van der Waals surface area contributed by atoms with Gasteiger partial charge in [0, 0.05) is 37.9 Å². The van der Waals surface area contributed by atoms with Crippen molar-refractivity contribution in [1.29, 1.82) is 0 Å². The molecule has 1 aromatic heterocycles. The fourth-order valence-corrected chi connectivity index (χ4v) is 3.69. The number of fused-ring (bicyclic) bond motifs is 1. The minimum atomic E-state index is 0. The molecule has 1 aliphatic heterocycles. The van der Waals surface area contributed by atoms with E-state index in [0.29, 0.717) is 6.54 Å². The van der Waals surface area contributed by atoms with Crippen molar-refractivity contribution in [2.24, 2.45) is 12.0 Å². The van der Waals surface area contributed by atoms with Crippen LogP contribution in [0.5, 0.6) is 11.5 Å². The minimum absolute atomic E-state index is 0. The predicted octanol–water partition coefficient (Wildman–Crippen LogP) is 3.20. The molecule has 0 bridgehead atoms. The summed E-state index contributed by atoms with van der Waals surface area (Å²) in [5.74, 6) is 2.50. The van der Waals surface area contributed by atoms with Crippen LogP contribution in [0, 0.1) is 13.8 Å². The van der Waals surface area contributed by atoms with Gasteiger partial charge >= 0.3 is 0 Å².